The van der Waals surface area contributed by atoms with E-state index in [-0.39, 0.29) is 11.7 Å². The maximum atomic E-state index is 13.2. The van der Waals surface area contributed by atoms with Crippen LogP contribution in [0.3, 0.4) is 0 Å². The molecule has 1 amide bonds. The van der Waals surface area contributed by atoms with Crippen molar-refractivity contribution in [1.29, 1.82) is 0 Å². The number of carbonyl (C=O) groups excluding carboxylic acids is 1. The molecule has 0 radical (unpaired) electrons. The molecule has 0 spiro atoms. The van der Waals surface area contributed by atoms with Gasteiger partial charge in [0, 0.05) is 43.3 Å². The van der Waals surface area contributed by atoms with Gasteiger partial charge in [0.25, 0.3) is 5.91 Å². The summed E-state index contributed by atoms with van der Waals surface area (Å²) in [4.78, 5) is 18.9. The number of hydrogen-bond donors (Lipinski definition) is 1. The van der Waals surface area contributed by atoms with Crippen molar-refractivity contribution in [2.24, 2.45) is 0 Å². The van der Waals surface area contributed by atoms with E-state index >= 15 is 0 Å². The fourth-order valence-corrected chi connectivity index (χ4v) is 5.31. The minimum absolute atomic E-state index is 0.0434. The van der Waals surface area contributed by atoms with E-state index in [1.165, 1.54) is 11.3 Å². The Hall–Kier alpha value is -3.03. The van der Waals surface area contributed by atoms with Gasteiger partial charge < -0.3 is 14.9 Å². The number of thiophene rings is 1. The van der Waals surface area contributed by atoms with E-state index in [2.05, 4.69) is 10.00 Å². The van der Waals surface area contributed by atoms with Crippen LogP contribution in [0.4, 0.5) is 5.69 Å². The molecule has 0 saturated carbocycles. The molecule has 1 aliphatic rings. The zero-order chi connectivity index (χ0) is 21.5. The number of aryl methyl sites for hydroxylation is 1. The van der Waals surface area contributed by atoms with Gasteiger partial charge in [-0.15, -0.1) is 11.3 Å². The molecule has 5 rings (SSSR count). The van der Waals surface area contributed by atoms with Crippen molar-refractivity contribution in [3.8, 4) is 11.4 Å². The van der Waals surface area contributed by atoms with Crippen molar-refractivity contribution in [3.63, 3.8) is 0 Å². The van der Waals surface area contributed by atoms with E-state index in [0.29, 0.717) is 23.0 Å². The number of benzene rings is 2. The molecule has 4 aromatic rings. The van der Waals surface area contributed by atoms with Crippen LogP contribution < -0.4 is 4.90 Å². The number of halogens is 1. The maximum Gasteiger partial charge on any atom is 0.264 e. The van der Waals surface area contributed by atoms with Gasteiger partial charge in [-0.05, 0) is 37.3 Å². The molecule has 0 bridgehead atoms. The van der Waals surface area contributed by atoms with Crippen molar-refractivity contribution in [3.05, 3.63) is 70.2 Å². The Morgan fingerprint density at radius 2 is 1.84 bits per heavy atom. The molecule has 1 N–H and O–H groups in total. The number of carbonyl (C=O) groups is 1. The van der Waals surface area contributed by atoms with Gasteiger partial charge in [0.05, 0.1) is 21.3 Å². The van der Waals surface area contributed by atoms with Crippen molar-refractivity contribution >= 4 is 44.7 Å². The fourth-order valence-electron chi connectivity index (χ4n) is 3.95. The lowest BCUT2D eigenvalue weighted by Gasteiger charge is -2.36. The number of rotatable bonds is 3. The molecule has 2 aromatic carbocycles. The maximum absolute atomic E-state index is 13.2. The van der Waals surface area contributed by atoms with Gasteiger partial charge >= 0.3 is 0 Å². The first-order valence-corrected chi connectivity index (χ1v) is 11.3. The highest BCUT2D eigenvalue weighted by molar-refractivity contribution is 7.20. The lowest BCUT2D eigenvalue weighted by atomic mass is 10.2. The largest absolute Gasteiger partial charge is 0.508 e. The van der Waals surface area contributed by atoms with Crippen LogP contribution >= 0.6 is 22.9 Å². The van der Waals surface area contributed by atoms with Crippen LogP contribution in [0.5, 0.6) is 5.75 Å². The molecule has 1 fully saturated rings. The summed E-state index contributed by atoms with van der Waals surface area (Å²) in [5.74, 6) is 0.297. The molecule has 1 aliphatic heterocycles. The quantitative estimate of drug-likeness (QED) is 0.488. The van der Waals surface area contributed by atoms with Crippen LogP contribution in [0.15, 0.2) is 54.6 Å². The first-order valence-electron chi connectivity index (χ1n) is 10.1. The Morgan fingerprint density at radius 3 is 2.58 bits per heavy atom. The average Bonchev–Trinajstić information content (AvgIpc) is 3.34. The Bertz CT molecular complexity index is 1270. The summed E-state index contributed by atoms with van der Waals surface area (Å²) >= 11 is 7.83. The first-order chi connectivity index (χ1) is 15.0. The molecular formula is C23H21ClN4O2S. The van der Waals surface area contributed by atoms with E-state index in [0.717, 1.165) is 40.4 Å². The fraction of sp³-hybridized carbons (Fsp3) is 0.217. The average molecular weight is 453 g/mol. The van der Waals surface area contributed by atoms with E-state index < -0.39 is 0 Å². The lowest BCUT2D eigenvalue weighted by Crippen LogP contribution is -2.48. The van der Waals surface area contributed by atoms with Crippen molar-refractivity contribution in [1.82, 2.24) is 14.7 Å². The predicted molar refractivity (Wildman–Crippen MR) is 125 cm³/mol. The number of hydrogen-bond acceptors (Lipinski definition) is 5. The number of piperazine rings is 1. The Morgan fingerprint density at radius 1 is 1.06 bits per heavy atom. The van der Waals surface area contributed by atoms with Gasteiger partial charge in [0.1, 0.15) is 10.6 Å². The van der Waals surface area contributed by atoms with Gasteiger partial charge in [-0.3, -0.25) is 4.79 Å². The number of aromatic nitrogens is 2. The summed E-state index contributed by atoms with van der Waals surface area (Å²) in [6, 6.07) is 16.8. The van der Waals surface area contributed by atoms with Crippen molar-refractivity contribution < 1.29 is 9.90 Å². The standard InChI is InChI=1S/C23H21ClN4O2S/c1-15-18-14-21(31-23(18)28(25-15)20-8-3-2-7-19(20)24)22(30)27-11-9-26(10-12-27)16-5-4-6-17(29)13-16/h2-8,13-14,29H,9-12H2,1H3. The van der Waals surface area contributed by atoms with Crippen LogP contribution in [-0.4, -0.2) is 51.9 Å². The summed E-state index contributed by atoms with van der Waals surface area (Å²) in [5, 5.41) is 16.0. The SMILES string of the molecule is Cc1nn(-c2ccccc2Cl)c2sc(C(=O)N3CCN(c4cccc(O)c4)CC3)cc12. The summed E-state index contributed by atoms with van der Waals surface area (Å²) in [6.07, 6.45) is 0. The van der Waals surface area contributed by atoms with Gasteiger partial charge in [0.2, 0.25) is 0 Å². The van der Waals surface area contributed by atoms with Gasteiger partial charge in [-0.2, -0.15) is 5.10 Å². The lowest BCUT2D eigenvalue weighted by molar-refractivity contribution is 0.0751. The Kier molecular flexibility index (Phi) is 5.08. The molecule has 0 aliphatic carbocycles. The number of nitrogens with zero attached hydrogens (tertiary/aromatic N) is 4. The molecule has 6 nitrogen and oxygen atoms in total. The van der Waals surface area contributed by atoms with Gasteiger partial charge in [-0.25, -0.2) is 4.68 Å². The molecule has 0 unspecified atom stereocenters. The summed E-state index contributed by atoms with van der Waals surface area (Å²) in [6.45, 7) is 4.68. The molecule has 2 aromatic heterocycles. The molecule has 0 atom stereocenters. The number of fused-ring (bicyclic) bond motifs is 1. The minimum atomic E-state index is 0.0434. The van der Waals surface area contributed by atoms with E-state index in [9.17, 15) is 9.90 Å². The third kappa shape index (κ3) is 3.64. The second-order valence-corrected chi connectivity index (χ2v) is 9.02. The van der Waals surface area contributed by atoms with Crippen LogP contribution in [0, 0.1) is 6.92 Å². The van der Waals surface area contributed by atoms with Crippen LogP contribution in [-0.2, 0) is 0 Å². The second kappa shape index (κ2) is 7.90. The third-order valence-electron chi connectivity index (χ3n) is 5.60. The van der Waals surface area contributed by atoms with Crippen molar-refractivity contribution in [2.75, 3.05) is 31.1 Å². The molecule has 1 saturated heterocycles. The van der Waals surface area contributed by atoms with E-state index in [1.807, 2.05) is 59.0 Å². The number of phenols is 1. The summed E-state index contributed by atoms with van der Waals surface area (Å²) in [5.41, 5.74) is 2.66. The topological polar surface area (TPSA) is 61.6 Å². The summed E-state index contributed by atoms with van der Waals surface area (Å²) in [7, 11) is 0. The number of amides is 1. The molecule has 31 heavy (non-hydrogen) atoms. The summed E-state index contributed by atoms with van der Waals surface area (Å²) < 4.78 is 1.83. The monoisotopic (exact) mass is 452 g/mol. The Balaban J connectivity index is 1.37. The molecule has 3 heterocycles. The van der Waals surface area contributed by atoms with Gasteiger partial charge in [-0.1, -0.05) is 29.8 Å². The molecular weight excluding hydrogens is 432 g/mol. The molecule has 8 heteroatoms. The number of para-hydroxylation sites is 1. The van der Waals surface area contributed by atoms with Crippen LogP contribution in [0.1, 0.15) is 15.4 Å². The zero-order valence-electron chi connectivity index (χ0n) is 17.0. The highest BCUT2D eigenvalue weighted by Crippen LogP contribution is 2.33. The zero-order valence-corrected chi connectivity index (χ0v) is 18.5. The van der Waals surface area contributed by atoms with E-state index in [1.54, 1.807) is 12.1 Å². The van der Waals surface area contributed by atoms with Crippen LogP contribution in [0.2, 0.25) is 5.02 Å². The third-order valence-corrected chi connectivity index (χ3v) is 7.02. The normalized spacial score (nSPS) is 14.4. The minimum Gasteiger partial charge on any atom is -0.508 e. The Labute approximate surface area is 188 Å². The smallest absolute Gasteiger partial charge is 0.264 e. The number of aromatic hydroxyl groups is 1. The van der Waals surface area contributed by atoms with Crippen LogP contribution in [0.25, 0.3) is 15.9 Å². The highest BCUT2D eigenvalue weighted by atomic mass is 35.5. The number of phenolic OH excluding ortho intramolecular Hbond substituents is 1. The van der Waals surface area contributed by atoms with Crippen molar-refractivity contribution in [2.45, 2.75) is 6.92 Å². The number of anilines is 1. The second-order valence-electron chi connectivity index (χ2n) is 7.58. The first kappa shape index (κ1) is 19.9. The van der Waals surface area contributed by atoms with Gasteiger partial charge in [0.15, 0.2) is 0 Å². The van der Waals surface area contributed by atoms with E-state index in [4.69, 9.17) is 11.6 Å². The molecule has 158 valence electrons. The highest BCUT2D eigenvalue weighted by Gasteiger charge is 2.25. The predicted octanol–water partition coefficient (Wildman–Crippen LogP) is 4.72.